The monoisotopic (exact) mass is 418 g/mol. The summed E-state index contributed by atoms with van der Waals surface area (Å²) in [6.07, 6.45) is 3.62. The van der Waals surface area contributed by atoms with Gasteiger partial charge in [-0.25, -0.2) is 10.5 Å². The second-order valence-electron chi connectivity index (χ2n) is 7.49. The topological polar surface area (TPSA) is 90.5 Å². The van der Waals surface area contributed by atoms with Crippen molar-refractivity contribution in [2.24, 2.45) is 0 Å². The van der Waals surface area contributed by atoms with Gasteiger partial charge in [0.1, 0.15) is 5.82 Å². The van der Waals surface area contributed by atoms with Crippen LogP contribution in [0.5, 0.6) is 0 Å². The first-order valence-electron chi connectivity index (χ1n) is 10.4. The molecule has 1 aromatic heterocycles. The first-order valence-corrected chi connectivity index (χ1v) is 10.4. The summed E-state index contributed by atoms with van der Waals surface area (Å²) in [6.45, 7) is 4.19. The molecule has 0 saturated carbocycles. The number of ether oxygens (including phenoxy) is 1. The Bertz CT molecular complexity index is 1020. The third kappa shape index (κ3) is 5.67. The van der Waals surface area contributed by atoms with Crippen LogP contribution in [0.4, 0.5) is 0 Å². The van der Waals surface area contributed by atoms with Gasteiger partial charge in [0.05, 0.1) is 24.6 Å². The summed E-state index contributed by atoms with van der Waals surface area (Å²) < 4.78 is 5.48. The van der Waals surface area contributed by atoms with Crippen LogP contribution in [0.25, 0.3) is 17.3 Å². The summed E-state index contributed by atoms with van der Waals surface area (Å²) >= 11 is 0. The molecule has 2 heterocycles. The van der Waals surface area contributed by atoms with Gasteiger partial charge in [-0.05, 0) is 17.2 Å². The fourth-order valence-electron chi connectivity index (χ4n) is 3.63. The SMILES string of the molecule is O=C(/C=C/c1ccc(Cc2nc(-c3ccccc3)c(CN3CCOCC3)[nH]2)cc1)NO. The Labute approximate surface area is 181 Å². The quantitative estimate of drug-likeness (QED) is 0.312. The van der Waals surface area contributed by atoms with Crippen molar-refractivity contribution in [2.75, 3.05) is 26.3 Å². The smallest absolute Gasteiger partial charge is 0.267 e. The number of benzene rings is 2. The molecule has 0 atom stereocenters. The molecule has 160 valence electrons. The van der Waals surface area contributed by atoms with Crippen molar-refractivity contribution >= 4 is 12.0 Å². The molecule has 1 aliphatic rings. The number of nitrogens with one attached hydrogen (secondary N) is 2. The van der Waals surface area contributed by atoms with Gasteiger partial charge in [0, 0.05) is 37.7 Å². The number of imidazole rings is 1. The van der Waals surface area contributed by atoms with Crippen molar-refractivity contribution < 1.29 is 14.7 Å². The van der Waals surface area contributed by atoms with E-state index in [-0.39, 0.29) is 0 Å². The van der Waals surface area contributed by atoms with Crippen molar-refractivity contribution in [1.29, 1.82) is 0 Å². The molecule has 0 radical (unpaired) electrons. The van der Waals surface area contributed by atoms with Gasteiger partial charge in [-0.1, -0.05) is 54.6 Å². The number of aromatic nitrogens is 2. The number of aromatic amines is 1. The highest BCUT2D eigenvalue weighted by Gasteiger charge is 2.17. The van der Waals surface area contributed by atoms with Crippen molar-refractivity contribution in [1.82, 2.24) is 20.3 Å². The van der Waals surface area contributed by atoms with Crippen molar-refractivity contribution in [3.8, 4) is 11.3 Å². The van der Waals surface area contributed by atoms with E-state index in [9.17, 15) is 4.79 Å². The molecule has 0 spiro atoms. The number of hydrogen-bond donors (Lipinski definition) is 3. The van der Waals surface area contributed by atoms with Crippen LogP contribution in [0.1, 0.15) is 22.6 Å². The number of carbonyl (C=O) groups excluding carboxylic acids is 1. The molecule has 1 saturated heterocycles. The molecule has 0 unspecified atom stereocenters. The van der Waals surface area contributed by atoms with E-state index in [0.717, 1.165) is 66.8 Å². The zero-order valence-corrected chi connectivity index (χ0v) is 17.3. The lowest BCUT2D eigenvalue weighted by atomic mass is 10.1. The highest BCUT2D eigenvalue weighted by atomic mass is 16.5. The van der Waals surface area contributed by atoms with Crippen molar-refractivity contribution in [2.45, 2.75) is 13.0 Å². The number of carbonyl (C=O) groups is 1. The largest absolute Gasteiger partial charge is 0.379 e. The molecule has 4 rings (SSSR count). The molecule has 3 N–H and O–H groups in total. The highest BCUT2D eigenvalue weighted by Crippen LogP contribution is 2.24. The number of hydroxylamine groups is 1. The lowest BCUT2D eigenvalue weighted by Gasteiger charge is -2.26. The van der Waals surface area contributed by atoms with E-state index in [1.54, 1.807) is 11.6 Å². The van der Waals surface area contributed by atoms with Crippen LogP contribution >= 0.6 is 0 Å². The van der Waals surface area contributed by atoms with E-state index >= 15 is 0 Å². The third-order valence-corrected chi connectivity index (χ3v) is 5.25. The van der Waals surface area contributed by atoms with Crippen LogP contribution in [0.15, 0.2) is 60.7 Å². The Balaban J connectivity index is 1.52. The fraction of sp³-hybridized carbons (Fsp3) is 0.250. The van der Waals surface area contributed by atoms with Crippen LogP contribution < -0.4 is 5.48 Å². The predicted molar refractivity (Wildman–Crippen MR) is 118 cm³/mol. The molecule has 7 heteroatoms. The minimum absolute atomic E-state index is 0.555. The van der Waals surface area contributed by atoms with Crippen LogP contribution in [0, 0.1) is 0 Å². The van der Waals surface area contributed by atoms with Crippen molar-refractivity contribution in [3.05, 3.63) is 83.3 Å². The number of hydrogen-bond acceptors (Lipinski definition) is 5. The molecule has 1 amide bonds. The van der Waals surface area contributed by atoms with Crippen LogP contribution in [-0.2, 0) is 22.5 Å². The molecule has 0 aliphatic carbocycles. The average molecular weight is 418 g/mol. The Morgan fingerprint density at radius 1 is 1.13 bits per heavy atom. The summed E-state index contributed by atoms with van der Waals surface area (Å²) in [5.74, 6) is 0.367. The summed E-state index contributed by atoms with van der Waals surface area (Å²) in [5, 5.41) is 8.56. The summed E-state index contributed by atoms with van der Waals surface area (Å²) in [4.78, 5) is 22.0. The number of morpholine rings is 1. The third-order valence-electron chi connectivity index (χ3n) is 5.25. The molecule has 3 aromatic rings. The van der Waals surface area contributed by atoms with Crippen LogP contribution in [0.2, 0.25) is 0 Å². The molecule has 0 bridgehead atoms. The number of H-pyrrole nitrogens is 1. The zero-order valence-electron chi connectivity index (χ0n) is 17.3. The normalized spacial score (nSPS) is 14.7. The Morgan fingerprint density at radius 2 is 1.87 bits per heavy atom. The van der Waals surface area contributed by atoms with E-state index in [0.29, 0.717) is 6.42 Å². The molecular weight excluding hydrogens is 392 g/mol. The second-order valence-corrected chi connectivity index (χ2v) is 7.49. The predicted octanol–water partition coefficient (Wildman–Crippen LogP) is 3.02. The second kappa shape index (κ2) is 10.2. The molecule has 2 aromatic carbocycles. The van der Waals surface area contributed by atoms with E-state index in [2.05, 4.69) is 22.0 Å². The van der Waals surface area contributed by atoms with Gasteiger partial charge in [-0.15, -0.1) is 0 Å². The Hall–Kier alpha value is -3.26. The highest BCUT2D eigenvalue weighted by molar-refractivity contribution is 5.90. The molecule has 7 nitrogen and oxygen atoms in total. The zero-order chi connectivity index (χ0) is 21.5. The summed E-state index contributed by atoms with van der Waals surface area (Å²) in [7, 11) is 0. The maximum Gasteiger partial charge on any atom is 0.267 e. The van der Waals surface area contributed by atoms with E-state index in [1.807, 2.05) is 42.5 Å². The number of amides is 1. The van der Waals surface area contributed by atoms with Crippen molar-refractivity contribution in [3.63, 3.8) is 0 Å². The Kier molecular flexibility index (Phi) is 6.89. The summed E-state index contributed by atoms with van der Waals surface area (Å²) in [5.41, 5.74) is 6.81. The van der Waals surface area contributed by atoms with Gasteiger partial charge in [-0.3, -0.25) is 14.9 Å². The first kappa shape index (κ1) is 21.0. The van der Waals surface area contributed by atoms with Gasteiger partial charge in [0.2, 0.25) is 0 Å². The number of nitrogens with zero attached hydrogens (tertiary/aromatic N) is 2. The van der Waals surface area contributed by atoms with Gasteiger partial charge in [-0.2, -0.15) is 0 Å². The lowest BCUT2D eigenvalue weighted by molar-refractivity contribution is -0.124. The van der Waals surface area contributed by atoms with Crippen LogP contribution in [0.3, 0.4) is 0 Å². The minimum Gasteiger partial charge on any atom is -0.379 e. The van der Waals surface area contributed by atoms with Gasteiger partial charge in [0.25, 0.3) is 5.91 Å². The summed E-state index contributed by atoms with van der Waals surface area (Å²) in [6, 6.07) is 18.2. The molecule has 31 heavy (non-hydrogen) atoms. The maximum absolute atomic E-state index is 11.1. The van der Waals surface area contributed by atoms with E-state index < -0.39 is 5.91 Å². The van der Waals surface area contributed by atoms with E-state index in [1.165, 1.54) is 6.08 Å². The maximum atomic E-state index is 11.1. The molecular formula is C24H26N4O3. The molecule has 1 fully saturated rings. The average Bonchev–Trinajstić information content (AvgIpc) is 3.21. The molecule has 1 aliphatic heterocycles. The first-order chi connectivity index (χ1) is 15.2. The van der Waals surface area contributed by atoms with Gasteiger partial charge in [0.15, 0.2) is 0 Å². The number of rotatable bonds is 7. The van der Waals surface area contributed by atoms with Gasteiger partial charge >= 0.3 is 0 Å². The standard InChI is InChI=1S/C24H26N4O3/c29-23(27-30)11-10-18-6-8-19(9-7-18)16-22-25-21(17-28-12-14-31-15-13-28)24(26-22)20-4-2-1-3-5-20/h1-11,30H,12-17H2,(H,25,26)(H,27,29)/b11-10+. The minimum atomic E-state index is -0.555. The Morgan fingerprint density at radius 3 is 2.58 bits per heavy atom. The lowest BCUT2D eigenvalue weighted by Crippen LogP contribution is -2.35. The van der Waals surface area contributed by atoms with E-state index in [4.69, 9.17) is 14.9 Å². The van der Waals surface area contributed by atoms with Crippen LogP contribution in [-0.4, -0.2) is 52.3 Å². The van der Waals surface area contributed by atoms with Gasteiger partial charge < -0.3 is 9.72 Å². The fourth-order valence-corrected chi connectivity index (χ4v) is 3.63.